The van der Waals surface area contributed by atoms with Crippen molar-refractivity contribution in [2.24, 2.45) is 0 Å². The lowest BCUT2D eigenvalue weighted by Crippen LogP contribution is -2.15. The molecule has 17 heavy (non-hydrogen) atoms. The Labute approximate surface area is 104 Å². The lowest BCUT2D eigenvalue weighted by Gasteiger charge is -2.14. The van der Waals surface area contributed by atoms with Crippen molar-refractivity contribution >= 4 is 28.0 Å². The Kier molecular flexibility index (Phi) is 4.08. The smallest absolute Gasteiger partial charge is 0.298 e. The van der Waals surface area contributed by atoms with E-state index in [0.29, 0.717) is 5.56 Å². The third-order valence-corrected chi connectivity index (χ3v) is 2.79. The summed E-state index contributed by atoms with van der Waals surface area (Å²) in [5.74, 6) is -0.546. The second-order valence-corrected chi connectivity index (χ2v) is 3.95. The minimum atomic E-state index is -4.65. The van der Waals surface area contributed by atoms with Crippen molar-refractivity contribution in [3.63, 3.8) is 0 Å². The Morgan fingerprint density at radius 2 is 2.00 bits per heavy atom. The molecule has 92 valence electrons. The molecule has 0 aromatic heterocycles. The van der Waals surface area contributed by atoms with E-state index in [1.807, 2.05) is 0 Å². The number of aryl methyl sites for hydroxylation is 1. The molecule has 0 unspecified atom stereocenters. The summed E-state index contributed by atoms with van der Waals surface area (Å²) < 4.78 is 37.9. The number of aldehydes is 1. The normalized spacial score (nSPS) is 11.4. The van der Waals surface area contributed by atoms with Crippen LogP contribution in [-0.2, 0) is 6.18 Å². The van der Waals surface area contributed by atoms with Gasteiger partial charge in [0.1, 0.15) is 0 Å². The number of alkyl halides is 4. The number of hydrogen-bond acceptors (Lipinski definition) is 2. The third-order valence-electron chi connectivity index (χ3n) is 2.28. The van der Waals surface area contributed by atoms with E-state index in [4.69, 9.17) is 0 Å². The molecule has 0 N–H and O–H groups in total. The predicted molar refractivity (Wildman–Crippen MR) is 59.7 cm³/mol. The summed E-state index contributed by atoms with van der Waals surface area (Å²) in [4.78, 5) is 22.3. The maximum absolute atomic E-state index is 12.6. The molecule has 0 aliphatic carbocycles. The first-order valence-electron chi connectivity index (χ1n) is 4.58. The lowest BCUT2D eigenvalue weighted by molar-refractivity contribution is -0.137. The van der Waals surface area contributed by atoms with Crippen LogP contribution in [0, 0.1) is 6.92 Å². The van der Waals surface area contributed by atoms with Gasteiger partial charge in [-0.2, -0.15) is 13.2 Å². The molecule has 0 spiro atoms. The average Bonchev–Trinajstić information content (AvgIpc) is 2.25. The fraction of sp³-hybridized carbons (Fsp3) is 0.273. The largest absolute Gasteiger partial charge is 0.417 e. The number of hydrogen-bond donors (Lipinski definition) is 0. The molecule has 0 bridgehead atoms. The average molecular weight is 309 g/mol. The maximum Gasteiger partial charge on any atom is 0.417 e. The Bertz CT molecular complexity index is 467. The van der Waals surface area contributed by atoms with Crippen molar-refractivity contribution in [3.8, 4) is 0 Å². The Hall–Kier alpha value is -1.17. The molecule has 2 nitrogen and oxygen atoms in total. The van der Waals surface area contributed by atoms with Crippen LogP contribution in [0.2, 0.25) is 0 Å². The number of ketones is 1. The predicted octanol–water partition coefficient (Wildman–Crippen LogP) is 3.40. The van der Waals surface area contributed by atoms with E-state index in [-0.39, 0.29) is 17.2 Å². The molecule has 0 amide bonds. The topological polar surface area (TPSA) is 34.1 Å². The van der Waals surface area contributed by atoms with E-state index in [0.717, 1.165) is 6.07 Å². The Morgan fingerprint density at radius 1 is 1.41 bits per heavy atom. The molecule has 0 aliphatic rings. The second kappa shape index (κ2) is 5.00. The summed E-state index contributed by atoms with van der Waals surface area (Å²) in [5, 5.41) is -0.129. The van der Waals surface area contributed by atoms with Gasteiger partial charge in [-0.1, -0.05) is 22.0 Å². The highest BCUT2D eigenvalue weighted by Crippen LogP contribution is 2.33. The molecule has 1 aromatic rings. The van der Waals surface area contributed by atoms with Gasteiger partial charge in [0.05, 0.1) is 10.9 Å². The molecule has 6 heteroatoms. The van der Waals surface area contributed by atoms with Crippen molar-refractivity contribution in [1.82, 2.24) is 0 Å². The highest BCUT2D eigenvalue weighted by Gasteiger charge is 2.35. The number of rotatable bonds is 3. The van der Waals surface area contributed by atoms with Crippen LogP contribution in [0.3, 0.4) is 0 Å². The van der Waals surface area contributed by atoms with E-state index < -0.39 is 23.1 Å². The molecule has 0 heterocycles. The van der Waals surface area contributed by atoms with Crippen LogP contribution in [0.5, 0.6) is 0 Å². The first kappa shape index (κ1) is 13.9. The number of halogens is 4. The van der Waals surface area contributed by atoms with Gasteiger partial charge in [-0.05, 0) is 18.6 Å². The van der Waals surface area contributed by atoms with Gasteiger partial charge < -0.3 is 0 Å². The van der Waals surface area contributed by atoms with E-state index in [1.54, 1.807) is 0 Å². The van der Waals surface area contributed by atoms with Crippen molar-refractivity contribution in [2.45, 2.75) is 13.1 Å². The van der Waals surface area contributed by atoms with E-state index in [2.05, 4.69) is 15.9 Å². The number of benzene rings is 1. The zero-order valence-electron chi connectivity index (χ0n) is 8.77. The van der Waals surface area contributed by atoms with Crippen LogP contribution in [0.15, 0.2) is 12.1 Å². The van der Waals surface area contributed by atoms with Crippen LogP contribution < -0.4 is 0 Å². The molecule has 1 aromatic carbocycles. The Balaban J connectivity index is 3.59. The number of carbonyl (C=O) groups excluding carboxylic acids is 2. The third kappa shape index (κ3) is 2.74. The van der Waals surface area contributed by atoms with Gasteiger partial charge in [-0.25, -0.2) is 0 Å². The second-order valence-electron chi connectivity index (χ2n) is 3.39. The molecule has 1 rings (SSSR count). The maximum atomic E-state index is 12.6. The highest BCUT2D eigenvalue weighted by atomic mass is 79.9. The molecule has 0 saturated heterocycles. The SMILES string of the molecule is Cc1ccc(C(F)(F)F)c(C=O)c1C(=O)CBr. The molecule has 0 fully saturated rings. The molecule has 0 saturated carbocycles. The quantitative estimate of drug-likeness (QED) is 0.487. The van der Waals surface area contributed by atoms with Gasteiger partial charge in [0.15, 0.2) is 12.1 Å². The van der Waals surface area contributed by atoms with E-state index in [1.165, 1.54) is 13.0 Å². The molecule has 0 aliphatic heterocycles. The van der Waals surface area contributed by atoms with Gasteiger partial charge in [-0.15, -0.1) is 0 Å². The van der Waals surface area contributed by atoms with Gasteiger partial charge >= 0.3 is 6.18 Å². The summed E-state index contributed by atoms with van der Waals surface area (Å²) in [7, 11) is 0. The zero-order chi connectivity index (χ0) is 13.2. The van der Waals surface area contributed by atoms with Gasteiger partial charge in [0.25, 0.3) is 0 Å². The van der Waals surface area contributed by atoms with Gasteiger partial charge in [0, 0.05) is 11.1 Å². The van der Waals surface area contributed by atoms with Crippen molar-refractivity contribution in [2.75, 3.05) is 5.33 Å². The summed E-state index contributed by atoms with van der Waals surface area (Å²) in [6, 6.07) is 2.00. The minimum Gasteiger partial charge on any atom is -0.298 e. The molecule has 0 radical (unpaired) electrons. The van der Waals surface area contributed by atoms with Gasteiger partial charge in [0.2, 0.25) is 0 Å². The van der Waals surface area contributed by atoms with Crippen molar-refractivity contribution in [1.29, 1.82) is 0 Å². The van der Waals surface area contributed by atoms with Crippen molar-refractivity contribution < 1.29 is 22.8 Å². The summed E-state index contributed by atoms with van der Waals surface area (Å²) in [6.07, 6.45) is -4.57. The van der Waals surface area contributed by atoms with E-state index >= 15 is 0 Å². The standard InChI is InChI=1S/C11H8BrF3O2/c1-6-2-3-8(11(13,14)15)7(5-16)10(6)9(17)4-12/h2-3,5H,4H2,1H3. The van der Waals surface area contributed by atoms with Crippen LogP contribution in [0.4, 0.5) is 13.2 Å². The lowest BCUT2D eigenvalue weighted by atomic mass is 9.94. The van der Waals surface area contributed by atoms with Crippen LogP contribution >= 0.6 is 15.9 Å². The molecular weight excluding hydrogens is 301 g/mol. The minimum absolute atomic E-state index is 0.0751. The summed E-state index contributed by atoms with van der Waals surface area (Å²) >= 11 is 2.88. The monoisotopic (exact) mass is 308 g/mol. The van der Waals surface area contributed by atoms with Crippen LogP contribution in [-0.4, -0.2) is 17.4 Å². The fourth-order valence-electron chi connectivity index (χ4n) is 1.54. The first-order valence-corrected chi connectivity index (χ1v) is 5.70. The Morgan fingerprint density at radius 3 is 2.41 bits per heavy atom. The molecule has 0 atom stereocenters. The number of carbonyl (C=O) groups is 2. The van der Waals surface area contributed by atoms with Crippen LogP contribution in [0.1, 0.15) is 31.8 Å². The van der Waals surface area contributed by atoms with Crippen LogP contribution in [0.25, 0.3) is 0 Å². The summed E-state index contributed by atoms with van der Waals surface area (Å²) in [5.41, 5.74) is -1.50. The van der Waals surface area contributed by atoms with Gasteiger partial charge in [-0.3, -0.25) is 9.59 Å². The summed E-state index contributed by atoms with van der Waals surface area (Å²) in [6.45, 7) is 1.49. The first-order chi connectivity index (χ1) is 7.82. The number of Topliss-reactive ketones (excluding diaryl/α,β-unsaturated/α-hetero) is 1. The fourth-order valence-corrected chi connectivity index (χ4v) is 1.82. The zero-order valence-corrected chi connectivity index (χ0v) is 10.4. The highest BCUT2D eigenvalue weighted by molar-refractivity contribution is 9.09. The van der Waals surface area contributed by atoms with Crippen molar-refractivity contribution in [3.05, 3.63) is 34.4 Å². The van der Waals surface area contributed by atoms with E-state index in [9.17, 15) is 22.8 Å². The molecular formula is C11H8BrF3O2.